The number of aryl methyl sites for hydroxylation is 1. The van der Waals surface area contributed by atoms with Crippen molar-refractivity contribution in [2.75, 3.05) is 7.11 Å². The number of carbonyl (C=O) groups is 1. The molecular weight excluding hydrogens is 421 g/mol. The molecule has 1 aromatic carbocycles. The zero-order chi connectivity index (χ0) is 22.6. The Morgan fingerprint density at radius 1 is 1.16 bits per heavy atom. The molecule has 1 amide bonds. The van der Waals surface area contributed by atoms with Crippen LogP contribution in [0.3, 0.4) is 0 Å². The maximum absolute atomic E-state index is 13.9. The van der Waals surface area contributed by atoms with Gasteiger partial charge in [0.2, 0.25) is 0 Å². The molecule has 2 atom stereocenters. The van der Waals surface area contributed by atoms with Gasteiger partial charge in [0.1, 0.15) is 11.4 Å². The van der Waals surface area contributed by atoms with E-state index in [0.29, 0.717) is 29.3 Å². The molecule has 0 unspecified atom stereocenters. The first-order valence-corrected chi connectivity index (χ1v) is 10.4. The molecule has 2 bridgehead atoms. The van der Waals surface area contributed by atoms with Gasteiger partial charge in [-0.05, 0) is 43.9 Å². The minimum atomic E-state index is -1.50. The van der Waals surface area contributed by atoms with Gasteiger partial charge in [0.15, 0.2) is 17.5 Å². The van der Waals surface area contributed by atoms with Gasteiger partial charge in [-0.1, -0.05) is 0 Å². The number of nitrogens with zero attached hydrogens (tertiary/aromatic N) is 4. The largest absolute Gasteiger partial charge is 0.497 e. The Labute approximate surface area is 182 Å². The minimum absolute atomic E-state index is 0.0974. The fourth-order valence-corrected chi connectivity index (χ4v) is 4.99. The fraction of sp³-hybridized carbons (Fsp3) is 0.348. The van der Waals surface area contributed by atoms with Crippen LogP contribution >= 0.6 is 0 Å². The number of aromatic nitrogens is 3. The van der Waals surface area contributed by atoms with Gasteiger partial charge in [0, 0.05) is 36.5 Å². The lowest BCUT2D eigenvalue weighted by Crippen LogP contribution is -2.50. The third-order valence-corrected chi connectivity index (χ3v) is 6.35. The molecule has 5 rings (SSSR count). The molecule has 0 N–H and O–H groups in total. The maximum atomic E-state index is 13.9. The van der Waals surface area contributed by atoms with E-state index in [0.717, 1.165) is 37.0 Å². The monoisotopic (exact) mass is 442 g/mol. The van der Waals surface area contributed by atoms with Gasteiger partial charge >= 0.3 is 0 Å². The Hall–Kier alpha value is -3.36. The smallest absolute Gasteiger partial charge is 0.273 e. The Balaban J connectivity index is 1.58. The van der Waals surface area contributed by atoms with E-state index in [2.05, 4.69) is 10.1 Å². The van der Waals surface area contributed by atoms with Gasteiger partial charge in [0.05, 0.1) is 24.5 Å². The number of amides is 1. The lowest BCUT2D eigenvalue weighted by Gasteiger charge is -2.45. The van der Waals surface area contributed by atoms with E-state index in [1.807, 2.05) is 4.90 Å². The third kappa shape index (κ3) is 3.14. The second-order valence-electron chi connectivity index (χ2n) is 8.19. The van der Waals surface area contributed by atoms with Crippen molar-refractivity contribution in [3.05, 3.63) is 64.9 Å². The van der Waals surface area contributed by atoms with Crippen LogP contribution < -0.4 is 4.74 Å². The molecule has 3 aromatic rings. The predicted octanol–water partition coefficient (Wildman–Crippen LogP) is 4.20. The van der Waals surface area contributed by atoms with E-state index in [-0.39, 0.29) is 23.6 Å². The Morgan fingerprint density at radius 2 is 1.91 bits per heavy atom. The van der Waals surface area contributed by atoms with Crippen molar-refractivity contribution in [3.63, 3.8) is 0 Å². The zero-order valence-electron chi connectivity index (χ0n) is 17.6. The number of fused-ring (bicyclic) bond motifs is 4. The molecule has 0 aliphatic carbocycles. The quantitative estimate of drug-likeness (QED) is 0.571. The number of piperidine rings is 1. The van der Waals surface area contributed by atoms with Crippen molar-refractivity contribution in [1.29, 1.82) is 0 Å². The van der Waals surface area contributed by atoms with Crippen molar-refractivity contribution in [2.24, 2.45) is 7.05 Å². The minimum Gasteiger partial charge on any atom is -0.497 e. The van der Waals surface area contributed by atoms with E-state index in [1.54, 1.807) is 23.9 Å². The second kappa shape index (κ2) is 7.65. The summed E-state index contributed by atoms with van der Waals surface area (Å²) >= 11 is 0. The van der Waals surface area contributed by atoms with Crippen LogP contribution in [0.5, 0.6) is 5.75 Å². The van der Waals surface area contributed by atoms with Gasteiger partial charge in [-0.15, -0.1) is 0 Å². The summed E-state index contributed by atoms with van der Waals surface area (Å²) in [5.74, 6) is -3.63. The van der Waals surface area contributed by atoms with Crippen LogP contribution in [0.4, 0.5) is 13.2 Å². The lowest BCUT2D eigenvalue weighted by atomic mass is 9.81. The van der Waals surface area contributed by atoms with Crippen LogP contribution in [0.15, 0.2) is 30.5 Å². The molecule has 2 aliphatic rings. The Kier molecular flexibility index (Phi) is 4.91. The second-order valence-corrected chi connectivity index (χ2v) is 8.19. The lowest BCUT2D eigenvalue weighted by molar-refractivity contribution is 0.0385. The van der Waals surface area contributed by atoms with Crippen LogP contribution in [0.25, 0.3) is 11.3 Å². The SMILES string of the molecule is COc1ccnc(C(=O)N2[C@@H]3CCC[C@H]2c2nn(C)c(-c4cc(F)c(F)c(F)c4)c2C3)c1. The normalized spacial score (nSPS) is 19.6. The summed E-state index contributed by atoms with van der Waals surface area (Å²) in [4.78, 5) is 19.5. The topological polar surface area (TPSA) is 60.2 Å². The molecule has 0 radical (unpaired) electrons. The third-order valence-electron chi connectivity index (χ3n) is 6.35. The maximum Gasteiger partial charge on any atom is 0.273 e. The first-order valence-electron chi connectivity index (χ1n) is 10.4. The summed E-state index contributed by atoms with van der Waals surface area (Å²) in [6, 6.07) is 4.90. The first kappa shape index (κ1) is 20.5. The molecule has 9 heteroatoms. The molecule has 0 spiro atoms. The molecule has 2 aromatic heterocycles. The zero-order valence-corrected chi connectivity index (χ0v) is 17.6. The summed E-state index contributed by atoms with van der Waals surface area (Å²) < 4.78 is 48.1. The number of carbonyl (C=O) groups excluding carboxylic acids is 1. The van der Waals surface area contributed by atoms with E-state index < -0.39 is 17.5 Å². The predicted molar refractivity (Wildman–Crippen MR) is 110 cm³/mol. The van der Waals surface area contributed by atoms with E-state index in [9.17, 15) is 18.0 Å². The van der Waals surface area contributed by atoms with E-state index in [4.69, 9.17) is 4.74 Å². The molecule has 0 saturated carbocycles. The van der Waals surface area contributed by atoms with Gasteiger partial charge in [-0.25, -0.2) is 13.2 Å². The number of benzene rings is 1. The Bertz CT molecular complexity index is 1200. The first-order chi connectivity index (χ1) is 15.4. The highest BCUT2D eigenvalue weighted by Crippen LogP contribution is 2.45. The molecular formula is C23H21F3N4O2. The van der Waals surface area contributed by atoms with Gasteiger partial charge < -0.3 is 9.64 Å². The average molecular weight is 442 g/mol. The molecule has 1 saturated heterocycles. The van der Waals surface area contributed by atoms with Crippen molar-refractivity contribution < 1.29 is 22.7 Å². The van der Waals surface area contributed by atoms with E-state index in [1.165, 1.54) is 13.3 Å². The number of ether oxygens (including phenoxy) is 1. The summed E-state index contributed by atoms with van der Waals surface area (Å²) in [6.07, 6.45) is 4.49. The number of hydrogen-bond acceptors (Lipinski definition) is 4. The number of hydrogen-bond donors (Lipinski definition) is 0. The summed E-state index contributed by atoms with van der Waals surface area (Å²) in [5.41, 5.74) is 2.62. The highest BCUT2D eigenvalue weighted by Gasteiger charge is 2.44. The molecule has 4 heterocycles. The van der Waals surface area contributed by atoms with Crippen molar-refractivity contribution >= 4 is 5.91 Å². The van der Waals surface area contributed by atoms with Crippen LogP contribution in [0.2, 0.25) is 0 Å². The summed E-state index contributed by atoms with van der Waals surface area (Å²) in [6.45, 7) is 0. The average Bonchev–Trinajstić information content (AvgIpc) is 3.11. The molecule has 2 aliphatic heterocycles. The van der Waals surface area contributed by atoms with Crippen molar-refractivity contribution in [1.82, 2.24) is 19.7 Å². The summed E-state index contributed by atoms with van der Waals surface area (Å²) in [5, 5.41) is 4.63. The Morgan fingerprint density at radius 3 is 2.62 bits per heavy atom. The standard InChI is InChI=1S/C23H21F3N4O2/c1-29-22(12-8-16(24)20(26)17(25)9-12)15-10-13-4-3-5-19(21(15)28-29)30(13)23(31)18-11-14(32-2)6-7-27-18/h6-9,11,13,19H,3-5,10H2,1-2H3/t13-,19+/m1/s1. The molecule has 166 valence electrons. The molecule has 1 fully saturated rings. The highest BCUT2D eigenvalue weighted by atomic mass is 19.2. The van der Waals surface area contributed by atoms with Crippen LogP contribution in [0.1, 0.15) is 47.1 Å². The molecule has 6 nitrogen and oxygen atoms in total. The summed E-state index contributed by atoms with van der Waals surface area (Å²) in [7, 11) is 3.22. The van der Waals surface area contributed by atoms with Gasteiger partial charge in [-0.2, -0.15) is 5.10 Å². The van der Waals surface area contributed by atoms with Crippen molar-refractivity contribution in [3.8, 4) is 17.0 Å². The van der Waals surface area contributed by atoms with Gasteiger partial charge in [-0.3, -0.25) is 14.5 Å². The number of methoxy groups -OCH3 is 1. The molecule has 32 heavy (non-hydrogen) atoms. The highest BCUT2D eigenvalue weighted by molar-refractivity contribution is 5.93. The number of pyridine rings is 1. The van der Waals surface area contributed by atoms with Gasteiger partial charge in [0.25, 0.3) is 5.91 Å². The van der Waals surface area contributed by atoms with E-state index >= 15 is 0 Å². The van der Waals surface area contributed by atoms with Crippen LogP contribution in [0, 0.1) is 17.5 Å². The number of halogens is 3. The fourth-order valence-electron chi connectivity index (χ4n) is 4.99. The number of rotatable bonds is 3. The van der Waals surface area contributed by atoms with Crippen LogP contribution in [-0.4, -0.2) is 38.7 Å². The van der Waals surface area contributed by atoms with Crippen molar-refractivity contribution in [2.45, 2.75) is 37.8 Å². The van der Waals surface area contributed by atoms with Crippen LogP contribution in [-0.2, 0) is 13.5 Å².